The van der Waals surface area contributed by atoms with Crippen molar-refractivity contribution < 1.29 is 19.0 Å². The number of nitrogens with one attached hydrogen (secondary N) is 1. The first kappa shape index (κ1) is 15.0. The smallest absolute Gasteiger partial charge is 0.344 e. The number of esters is 1. The summed E-state index contributed by atoms with van der Waals surface area (Å²) in [6, 6.07) is 11.4. The molecular formula is C16H14INO4. The maximum absolute atomic E-state index is 12.2. The monoisotopic (exact) mass is 411 g/mol. The second-order valence-electron chi connectivity index (χ2n) is 4.70. The number of rotatable bonds is 4. The molecule has 0 fully saturated rings. The van der Waals surface area contributed by atoms with E-state index in [1.807, 2.05) is 30.3 Å². The Bertz CT molecular complexity index is 715. The highest BCUT2D eigenvalue weighted by Crippen LogP contribution is 2.41. The van der Waals surface area contributed by atoms with E-state index in [0.717, 1.165) is 14.8 Å². The van der Waals surface area contributed by atoms with Crippen molar-refractivity contribution in [3.05, 3.63) is 51.1 Å². The number of fused-ring (bicyclic) bond motifs is 1. The molecule has 1 atom stereocenters. The largest absolute Gasteiger partial charge is 0.493 e. The number of hydrogen-bond acceptors (Lipinski definition) is 5. The van der Waals surface area contributed by atoms with E-state index < -0.39 is 12.2 Å². The molecule has 0 saturated heterocycles. The minimum atomic E-state index is -0.539. The van der Waals surface area contributed by atoms with E-state index in [2.05, 4.69) is 27.9 Å². The Morgan fingerprint density at radius 2 is 1.82 bits per heavy atom. The third-order valence-corrected chi connectivity index (χ3v) is 4.15. The van der Waals surface area contributed by atoms with Crippen molar-refractivity contribution in [2.24, 2.45) is 0 Å². The first-order chi connectivity index (χ1) is 10.6. The highest BCUT2D eigenvalue weighted by atomic mass is 127. The van der Waals surface area contributed by atoms with Crippen LogP contribution < -0.4 is 14.8 Å². The molecule has 5 nitrogen and oxygen atoms in total. The number of carbonyl (C=O) groups is 1. The predicted octanol–water partition coefficient (Wildman–Crippen LogP) is 3.59. The number of carbonyl (C=O) groups excluding carboxylic acids is 1. The van der Waals surface area contributed by atoms with Gasteiger partial charge in [-0.15, -0.1) is 0 Å². The van der Waals surface area contributed by atoms with Crippen LogP contribution in [0.3, 0.4) is 0 Å². The molecule has 6 heteroatoms. The molecule has 2 aromatic carbocycles. The molecule has 22 heavy (non-hydrogen) atoms. The number of cyclic esters (lactones) is 1. The van der Waals surface area contributed by atoms with Crippen molar-refractivity contribution in [1.82, 2.24) is 0 Å². The molecule has 0 spiro atoms. The van der Waals surface area contributed by atoms with Crippen molar-refractivity contribution in [3.8, 4) is 11.5 Å². The maximum atomic E-state index is 12.2. The molecule has 0 radical (unpaired) electrons. The van der Waals surface area contributed by atoms with Crippen LogP contribution in [0.5, 0.6) is 11.5 Å². The van der Waals surface area contributed by atoms with Crippen LogP contribution in [0.15, 0.2) is 36.4 Å². The lowest BCUT2D eigenvalue weighted by Gasteiger charge is -2.15. The van der Waals surface area contributed by atoms with Crippen LogP contribution in [-0.4, -0.2) is 20.2 Å². The number of benzene rings is 2. The first-order valence-corrected chi connectivity index (χ1v) is 7.70. The van der Waals surface area contributed by atoms with Gasteiger partial charge in [0.1, 0.15) is 5.56 Å². The van der Waals surface area contributed by atoms with E-state index in [1.54, 1.807) is 6.07 Å². The summed E-state index contributed by atoms with van der Waals surface area (Å²) >= 11 is 2.24. The van der Waals surface area contributed by atoms with Gasteiger partial charge in [0.05, 0.1) is 14.2 Å². The molecule has 1 aliphatic heterocycles. The lowest BCUT2D eigenvalue weighted by Crippen LogP contribution is -2.10. The molecular weight excluding hydrogens is 397 g/mol. The van der Waals surface area contributed by atoms with E-state index in [1.165, 1.54) is 14.2 Å². The summed E-state index contributed by atoms with van der Waals surface area (Å²) in [5.74, 6) is 0.485. The van der Waals surface area contributed by atoms with Gasteiger partial charge in [-0.05, 0) is 59.0 Å². The SMILES string of the molecule is COc1ccc2c(c1OC)C(=O)OC2Nc1ccc(I)cc1. The van der Waals surface area contributed by atoms with Crippen molar-refractivity contribution >= 4 is 34.2 Å². The van der Waals surface area contributed by atoms with Crippen LogP contribution in [0.1, 0.15) is 22.1 Å². The summed E-state index contributed by atoms with van der Waals surface area (Å²) in [4.78, 5) is 12.2. The Morgan fingerprint density at radius 1 is 1.09 bits per heavy atom. The summed E-state index contributed by atoms with van der Waals surface area (Å²) in [6.07, 6.45) is -0.539. The van der Waals surface area contributed by atoms with E-state index in [0.29, 0.717) is 17.1 Å². The van der Waals surface area contributed by atoms with Gasteiger partial charge in [-0.3, -0.25) is 0 Å². The molecule has 2 aromatic rings. The van der Waals surface area contributed by atoms with Gasteiger partial charge in [0, 0.05) is 14.8 Å². The molecule has 1 unspecified atom stereocenters. The van der Waals surface area contributed by atoms with Gasteiger partial charge in [0.15, 0.2) is 11.5 Å². The number of halogens is 1. The lowest BCUT2D eigenvalue weighted by atomic mass is 10.1. The van der Waals surface area contributed by atoms with Crippen molar-refractivity contribution in [2.75, 3.05) is 19.5 Å². The van der Waals surface area contributed by atoms with Crippen LogP contribution in [0.2, 0.25) is 0 Å². The predicted molar refractivity (Wildman–Crippen MR) is 90.5 cm³/mol. The highest BCUT2D eigenvalue weighted by Gasteiger charge is 2.35. The van der Waals surface area contributed by atoms with Gasteiger partial charge < -0.3 is 19.5 Å². The molecule has 0 aromatic heterocycles. The summed E-state index contributed by atoms with van der Waals surface area (Å²) in [5.41, 5.74) is 2.02. The van der Waals surface area contributed by atoms with Crippen molar-refractivity contribution in [3.63, 3.8) is 0 Å². The van der Waals surface area contributed by atoms with Crippen molar-refractivity contribution in [1.29, 1.82) is 0 Å². The summed E-state index contributed by atoms with van der Waals surface area (Å²) in [5, 5.41) is 3.20. The molecule has 0 amide bonds. The minimum absolute atomic E-state index is 0.400. The fraction of sp³-hybridized carbons (Fsp3) is 0.188. The number of hydrogen-bond donors (Lipinski definition) is 1. The Balaban J connectivity index is 1.96. The van der Waals surface area contributed by atoms with Crippen LogP contribution >= 0.6 is 22.6 Å². The molecule has 114 valence electrons. The second kappa shape index (κ2) is 6.04. The molecule has 0 bridgehead atoms. The zero-order chi connectivity index (χ0) is 15.7. The summed E-state index contributed by atoms with van der Waals surface area (Å²) < 4.78 is 17.1. The van der Waals surface area contributed by atoms with E-state index in [9.17, 15) is 4.79 Å². The third kappa shape index (κ3) is 2.58. The Morgan fingerprint density at radius 3 is 2.45 bits per heavy atom. The fourth-order valence-electron chi connectivity index (χ4n) is 2.41. The van der Waals surface area contributed by atoms with Crippen LogP contribution in [-0.2, 0) is 4.74 Å². The van der Waals surface area contributed by atoms with Gasteiger partial charge in [0.2, 0.25) is 6.23 Å². The van der Waals surface area contributed by atoms with Gasteiger partial charge in [-0.2, -0.15) is 0 Å². The molecule has 1 N–H and O–H groups in total. The van der Waals surface area contributed by atoms with E-state index in [4.69, 9.17) is 14.2 Å². The molecule has 1 heterocycles. The van der Waals surface area contributed by atoms with E-state index in [-0.39, 0.29) is 0 Å². The fourth-order valence-corrected chi connectivity index (χ4v) is 2.76. The Labute approximate surface area is 141 Å². The lowest BCUT2D eigenvalue weighted by molar-refractivity contribution is 0.0435. The van der Waals surface area contributed by atoms with Gasteiger partial charge in [-0.1, -0.05) is 0 Å². The third-order valence-electron chi connectivity index (χ3n) is 3.43. The van der Waals surface area contributed by atoms with Crippen LogP contribution in [0, 0.1) is 3.57 Å². The topological polar surface area (TPSA) is 56.8 Å². The summed E-state index contributed by atoms with van der Waals surface area (Å²) in [6.45, 7) is 0. The van der Waals surface area contributed by atoms with Crippen LogP contribution in [0.4, 0.5) is 5.69 Å². The standard InChI is InChI=1S/C16H14INO4/c1-20-12-8-7-11-13(14(12)21-2)16(19)22-15(11)18-10-5-3-9(17)4-6-10/h3-8,15,18H,1-2H3. The number of ether oxygens (including phenoxy) is 3. The zero-order valence-corrected chi connectivity index (χ0v) is 14.2. The second-order valence-corrected chi connectivity index (χ2v) is 5.95. The molecule has 3 rings (SSSR count). The Hall–Kier alpha value is -1.96. The quantitative estimate of drug-likeness (QED) is 0.616. The average molecular weight is 411 g/mol. The van der Waals surface area contributed by atoms with Gasteiger partial charge in [-0.25, -0.2) is 4.79 Å². The number of anilines is 1. The molecule has 1 aliphatic rings. The van der Waals surface area contributed by atoms with Crippen LogP contribution in [0.25, 0.3) is 0 Å². The number of methoxy groups -OCH3 is 2. The normalized spacial score (nSPS) is 16.0. The maximum Gasteiger partial charge on any atom is 0.344 e. The average Bonchev–Trinajstić information content (AvgIpc) is 2.85. The van der Waals surface area contributed by atoms with Gasteiger partial charge in [0.25, 0.3) is 0 Å². The Kier molecular flexibility index (Phi) is 4.10. The van der Waals surface area contributed by atoms with Crippen molar-refractivity contribution in [2.45, 2.75) is 6.23 Å². The summed E-state index contributed by atoms with van der Waals surface area (Å²) in [7, 11) is 3.04. The molecule has 0 aliphatic carbocycles. The first-order valence-electron chi connectivity index (χ1n) is 6.62. The van der Waals surface area contributed by atoms with E-state index >= 15 is 0 Å². The zero-order valence-electron chi connectivity index (χ0n) is 12.1. The van der Waals surface area contributed by atoms with Gasteiger partial charge >= 0.3 is 5.97 Å². The highest BCUT2D eigenvalue weighted by molar-refractivity contribution is 14.1. The minimum Gasteiger partial charge on any atom is -0.493 e. The molecule has 0 saturated carbocycles.